The standard InChI is InChI=1S/C28H34F3NO2/c1-16(2)25-24(26(34)18-10-12-19(13-11-18)28(29,30)31)22(17-8-6-5-7-9-17)23-20(32-25)14-27(3,4)15-21(23)33/h10-13,16-17,22-23H,5-9,14-15H2,1-4H3. The minimum Gasteiger partial charge on any atom is -0.299 e. The second kappa shape index (κ2) is 9.09. The monoisotopic (exact) mass is 473 g/mol. The molecule has 6 heteroatoms. The lowest BCUT2D eigenvalue weighted by atomic mass is 9.59. The van der Waals surface area contributed by atoms with Crippen molar-refractivity contribution in [2.24, 2.45) is 34.1 Å². The van der Waals surface area contributed by atoms with Gasteiger partial charge in [0, 0.05) is 29.2 Å². The highest BCUT2D eigenvalue weighted by atomic mass is 19.4. The number of fused-ring (bicyclic) bond motifs is 1. The summed E-state index contributed by atoms with van der Waals surface area (Å²) in [5.41, 5.74) is 1.44. The molecular formula is C28H34F3NO2. The largest absolute Gasteiger partial charge is 0.416 e. The Labute approximate surface area is 199 Å². The summed E-state index contributed by atoms with van der Waals surface area (Å²) >= 11 is 0. The fourth-order valence-corrected chi connectivity index (χ4v) is 6.17. The maximum Gasteiger partial charge on any atom is 0.416 e. The van der Waals surface area contributed by atoms with Gasteiger partial charge in [-0.1, -0.05) is 59.1 Å². The van der Waals surface area contributed by atoms with Gasteiger partial charge in [0.1, 0.15) is 5.78 Å². The van der Waals surface area contributed by atoms with Gasteiger partial charge in [-0.05, 0) is 48.6 Å². The van der Waals surface area contributed by atoms with Crippen LogP contribution in [-0.2, 0) is 11.0 Å². The van der Waals surface area contributed by atoms with Crippen LogP contribution >= 0.6 is 0 Å². The van der Waals surface area contributed by atoms with E-state index in [1.807, 2.05) is 13.8 Å². The molecule has 184 valence electrons. The van der Waals surface area contributed by atoms with E-state index in [2.05, 4.69) is 13.8 Å². The van der Waals surface area contributed by atoms with Crippen molar-refractivity contribution in [2.45, 2.75) is 78.8 Å². The van der Waals surface area contributed by atoms with E-state index >= 15 is 0 Å². The van der Waals surface area contributed by atoms with E-state index in [4.69, 9.17) is 4.99 Å². The number of carbonyl (C=O) groups excluding carboxylic acids is 2. The summed E-state index contributed by atoms with van der Waals surface area (Å²) in [5.74, 6) is -0.611. The second-order valence-corrected chi connectivity index (χ2v) is 11.3. The number of Topliss-reactive ketones (excluding diaryl/α,β-unsaturated/α-hetero) is 2. The number of rotatable bonds is 4. The fraction of sp³-hybridized carbons (Fsp3) is 0.607. The number of alkyl halides is 3. The first kappa shape index (κ1) is 24.9. The number of benzene rings is 1. The van der Waals surface area contributed by atoms with Crippen LogP contribution in [0.25, 0.3) is 0 Å². The molecule has 1 aliphatic heterocycles. The molecule has 0 bridgehead atoms. The average molecular weight is 474 g/mol. The van der Waals surface area contributed by atoms with Crippen molar-refractivity contribution in [1.82, 2.24) is 0 Å². The Morgan fingerprint density at radius 3 is 2.21 bits per heavy atom. The molecule has 4 rings (SSSR count). The van der Waals surface area contributed by atoms with Crippen LogP contribution in [-0.4, -0.2) is 17.3 Å². The number of allylic oxidation sites excluding steroid dienone is 2. The molecule has 1 heterocycles. The molecule has 0 amide bonds. The van der Waals surface area contributed by atoms with Crippen LogP contribution in [0.4, 0.5) is 13.2 Å². The molecule has 2 saturated carbocycles. The molecule has 0 aromatic heterocycles. The molecule has 2 fully saturated rings. The summed E-state index contributed by atoms with van der Waals surface area (Å²) in [7, 11) is 0. The van der Waals surface area contributed by atoms with Gasteiger partial charge in [0.05, 0.1) is 17.2 Å². The maximum absolute atomic E-state index is 13.9. The van der Waals surface area contributed by atoms with E-state index in [0.29, 0.717) is 17.7 Å². The maximum atomic E-state index is 13.9. The lowest BCUT2D eigenvalue weighted by Gasteiger charge is -2.45. The van der Waals surface area contributed by atoms with E-state index in [-0.39, 0.29) is 40.3 Å². The van der Waals surface area contributed by atoms with Crippen LogP contribution in [0.1, 0.15) is 88.6 Å². The van der Waals surface area contributed by atoms with Crippen molar-refractivity contribution in [3.05, 3.63) is 46.7 Å². The molecule has 2 aliphatic carbocycles. The molecular weight excluding hydrogens is 439 g/mol. The Kier molecular flexibility index (Phi) is 6.65. The van der Waals surface area contributed by atoms with Crippen molar-refractivity contribution in [3.63, 3.8) is 0 Å². The van der Waals surface area contributed by atoms with Gasteiger partial charge in [-0.3, -0.25) is 14.6 Å². The molecule has 0 saturated heterocycles. The van der Waals surface area contributed by atoms with Crippen molar-refractivity contribution < 1.29 is 22.8 Å². The minimum absolute atomic E-state index is 0.0342. The Hall–Kier alpha value is -2.24. The van der Waals surface area contributed by atoms with E-state index in [1.165, 1.54) is 12.1 Å². The first-order valence-corrected chi connectivity index (χ1v) is 12.5. The van der Waals surface area contributed by atoms with E-state index < -0.39 is 17.7 Å². The average Bonchev–Trinajstić information content (AvgIpc) is 2.76. The number of aliphatic imine (C=N–C) groups is 1. The van der Waals surface area contributed by atoms with Gasteiger partial charge >= 0.3 is 6.18 Å². The Morgan fingerprint density at radius 1 is 1.03 bits per heavy atom. The molecule has 0 radical (unpaired) electrons. The number of hydrogen-bond donors (Lipinski definition) is 0. The van der Waals surface area contributed by atoms with Gasteiger partial charge < -0.3 is 0 Å². The van der Waals surface area contributed by atoms with Crippen LogP contribution in [0.5, 0.6) is 0 Å². The number of halogens is 3. The topological polar surface area (TPSA) is 46.5 Å². The van der Waals surface area contributed by atoms with Gasteiger partial charge in [-0.15, -0.1) is 0 Å². The summed E-state index contributed by atoms with van der Waals surface area (Å²) in [6, 6.07) is 4.45. The molecule has 1 aromatic rings. The van der Waals surface area contributed by atoms with Gasteiger partial charge in [0.25, 0.3) is 0 Å². The molecule has 3 nitrogen and oxygen atoms in total. The lowest BCUT2D eigenvalue weighted by Crippen LogP contribution is -2.47. The summed E-state index contributed by atoms with van der Waals surface area (Å²) in [6.07, 6.45) is 1.93. The molecule has 34 heavy (non-hydrogen) atoms. The number of ketones is 2. The highest BCUT2D eigenvalue weighted by Gasteiger charge is 2.50. The molecule has 2 atom stereocenters. The number of carbonyl (C=O) groups is 2. The minimum atomic E-state index is -4.46. The van der Waals surface area contributed by atoms with Gasteiger partial charge in [0.2, 0.25) is 0 Å². The SMILES string of the molecule is CC(C)C1=C(C(=O)c2ccc(C(F)(F)F)cc2)C(C2CCCCC2)C2C(=O)CC(C)(C)CC2=N1. The van der Waals surface area contributed by atoms with E-state index in [1.54, 1.807) is 0 Å². The Morgan fingerprint density at radius 2 is 1.65 bits per heavy atom. The second-order valence-electron chi connectivity index (χ2n) is 11.3. The van der Waals surface area contributed by atoms with Gasteiger partial charge in [0.15, 0.2) is 5.78 Å². The number of hydrogen-bond acceptors (Lipinski definition) is 3. The lowest BCUT2D eigenvalue weighted by molar-refractivity contribution is -0.137. The fourth-order valence-electron chi connectivity index (χ4n) is 6.17. The molecule has 0 N–H and O–H groups in total. The highest BCUT2D eigenvalue weighted by molar-refractivity contribution is 6.15. The molecule has 2 unspecified atom stereocenters. The van der Waals surface area contributed by atoms with Crippen LogP contribution in [0.3, 0.4) is 0 Å². The van der Waals surface area contributed by atoms with E-state index in [9.17, 15) is 22.8 Å². The van der Waals surface area contributed by atoms with Crippen molar-refractivity contribution in [3.8, 4) is 0 Å². The van der Waals surface area contributed by atoms with Crippen molar-refractivity contribution in [1.29, 1.82) is 0 Å². The summed E-state index contributed by atoms with van der Waals surface area (Å²) in [5, 5.41) is 0. The predicted octanol–water partition coefficient (Wildman–Crippen LogP) is 7.45. The number of nitrogens with zero attached hydrogens (tertiary/aromatic N) is 1. The van der Waals surface area contributed by atoms with Gasteiger partial charge in [-0.2, -0.15) is 13.2 Å². The van der Waals surface area contributed by atoms with E-state index in [0.717, 1.165) is 56.4 Å². The molecule has 3 aliphatic rings. The predicted molar refractivity (Wildman–Crippen MR) is 127 cm³/mol. The van der Waals surface area contributed by atoms with Crippen LogP contribution in [0.15, 0.2) is 40.5 Å². The molecule has 1 aromatic carbocycles. The zero-order chi connectivity index (χ0) is 24.8. The van der Waals surface area contributed by atoms with Crippen LogP contribution in [0.2, 0.25) is 0 Å². The third-order valence-corrected chi connectivity index (χ3v) is 7.67. The third-order valence-electron chi connectivity index (χ3n) is 7.67. The quantitative estimate of drug-likeness (QED) is 0.426. The molecule has 0 spiro atoms. The summed E-state index contributed by atoms with van der Waals surface area (Å²) in [4.78, 5) is 32.4. The Bertz CT molecular complexity index is 1020. The zero-order valence-electron chi connectivity index (χ0n) is 20.5. The normalized spacial score (nSPS) is 25.9. The van der Waals surface area contributed by atoms with Crippen molar-refractivity contribution >= 4 is 17.3 Å². The third kappa shape index (κ3) is 4.78. The van der Waals surface area contributed by atoms with Gasteiger partial charge in [-0.25, -0.2) is 0 Å². The summed E-state index contributed by atoms with van der Waals surface area (Å²) < 4.78 is 39.3. The zero-order valence-corrected chi connectivity index (χ0v) is 20.5. The summed E-state index contributed by atoms with van der Waals surface area (Å²) in [6.45, 7) is 8.16. The van der Waals surface area contributed by atoms with Crippen LogP contribution < -0.4 is 0 Å². The smallest absolute Gasteiger partial charge is 0.299 e. The first-order valence-electron chi connectivity index (χ1n) is 12.5. The first-order chi connectivity index (χ1) is 15.9. The highest BCUT2D eigenvalue weighted by Crippen LogP contribution is 2.49. The van der Waals surface area contributed by atoms with Crippen molar-refractivity contribution in [2.75, 3.05) is 0 Å². The Balaban J connectivity index is 1.85. The van der Waals surface area contributed by atoms with Crippen LogP contribution in [0, 0.1) is 29.1 Å².